The topological polar surface area (TPSA) is 39.9 Å². The van der Waals surface area contributed by atoms with Crippen LogP contribution in [-0.4, -0.2) is 18.1 Å². The van der Waals surface area contributed by atoms with Crippen LogP contribution in [0.2, 0.25) is 0 Å². The highest BCUT2D eigenvalue weighted by Gasteiger charge is 2.18. The van der Waals surface area contributed by atoms with Crippen molar-refractivity contribution in [1.82, 2.24) is 4.98 Å². The summed E-state index contributed by atoms with van der Waals surface area (Å²) in [6.45, 7) is 0. The zero-order valence-corrected chi connectivity index (χ0v) is 10.4. The Labute approximate surface area is 103 Å². The minimum atomic E-state index is 0.503. The fraction of sp³-hybridized carbons (Fsp3) is 0.571. The predicted molar refractivity (Wildman–Crippen MR) is 68.8 cm³/mol. The molecule has 0 unspecified atom stereocenters. The van der Waals surface area contributed by atoms with Crippen molar-refractivity contribution in [3.63, 3.8) is 0 Å². The second kappa shape index (κ2) is 5.67. The van der Waals surface area contributed by atoms with Crippen molar-refractivity contribution >= 4 is 5.82 Å². The monoisotopic (exact) mass is 229 g/mol. The first-order chi connectivity index (χ1) is 8.31. The van der Waals surface area contributed by atoms with Gasteiger partial charge in [-0.2, -0.15) is 5.26 Å². The Morgan fingerprint density at radius 3 is 2.59 bits per heavy atom. The number of aromatic nitrogens is 1. The number of anilines is 1. The van der Waals surface area contributed by atoms with Gasteiger partial charge in [0.2, 0.25) is 0 Å². The van der Waals surface area contributed by atoms with Gasteiger partial charge in [0, 0.05) is 13.1 Å². The molecule has 3 heteroatoms. The molecule has 0 bridgehead atoms. The number of rotatable bonds is 2. The molecule has 1 aliphatic rings. The summed E-state index contributed by atoms with van der Waals surface area (Å²) in [5.41, 5.74) is 0.503. The molecule has 0 N–H and O–H groups in total. The molecule has 90 valence electrons. The Morgan fingerprint density at radius 1 is 1.24 bits per heavy atom. The maximum atomic E-state index is 8.87. The zero-order valence-electron chi connectivity index (χ0n) is 10.4. The average Bonchev–Trinajstić information content (AvgIpc) is 2.67. The summed E-state index contributed by atoms with van der Waals surface area (Å²) in [4.78, 5) is 6.60. The SMILES string of the molecule is CN(c1cccc(C#N)n1)C1CCCCCC1. The first-order valence-electron chi connectivity index (χ1n) is 6.41. The van der Waals surface area contributed by atoms with Crippen molar-refractivity contribution in [2.24, 2.45) is 0 Å². The molecule has 1 heterocycles. The lowest BCUT2D eigenvalue weighted by molar-refractivity contribution is 0.549. The van der Waals surface area contributed by atoms with Crippen LogP contribution in [0.25, 0.3) is 0 Å². The fourth-order valence-electron chi connectivity index (χ4n) is 2.51. The standard InChI is InChI=1S/C14H19N3/c1-17(13-8-4-2-3-5-9-13)14-10-6-7-12(11-15)16-14/h6-7,10,13H,2-5,8-9H2,1H3. The van der Waals surface area contributed by atoms with E-state index < -0.39 is 0 Å². The third kappa shape index (κ3) is 2.97. The van der Waals surface area contributed by atoms with Crippen LogP contribution in [0.15, 0.2) is 18.2 Å². The highest BCUT2D eigenvalue weighted by Crippen LogP contribution is 2.24. The molecular formula is C14H19N3. The van der Waals surface area contributed by atoms with Gasteiger partial charge < -0.3 is 4.90 Å². The maximum Gasteiger partial charge on any atom is 0.142 e. The largest absolute Gasteiger partial charge is 0.357 e. The number of hydrogen-bond donors (Lipinski definition) is 0. The Balaban J connectivity index is 2.12. The summed E-state index contributed by atoms with van der Waals surface area (Å²) in [5, 5.41) is 8.87. The van der Waals surface area contributed by atoms with E-state index in [0.29, 0.717) is 11.7 Å². The first kappa shape index (κ1) is 11.9. The first-order valence-corrected chi connectivity index (χ1v) is 6.41. The normalized spacial score (nSPS) is 17.2. The van der Waals surface area contributed by atoms with Crippen molar-refractivity contribution in [2.45, 2.75) is 44.6 Å². The quantitative estimate of drug-likeness (QED) is 0.731. The van der Waals surface area contributed by atoms with E-state index in [0.717, 1.165) is 5.82 Å². The van der Waals surface area contributed by atoms with E-state index in [1.807, 2.05) is 12.1 Å². The van der Waals surface area contributed by atoms with Gasteiger partial charge in [0.15, 0.2) is 0 Å². The lowest BCUT2D eigenvalue weighted by Gasteiger charge is -2.28. The van der Waals surface area contributed by atoms with Gasteiger partial charge >= 0.3 is 0 Å². The molecule has 1 aromatic heterocycles. The van der Waals surface area contributed by atoms with E-state index in [-0.39, 0.29) is 0 Å². The second-order valence-corrected chi connectivity index (χ2v) is 4.75. The van der Waals surface area contributed by atoms with Gasteiger partial charge in [-0.3, -0.25) is 0 Å². The van der Waals surface area contributed by atoms with Crippen LogP contribution >= 0.6 is 0 Å². The Bertz CT molecular complexity index is 400. The van der Waals surface area contributed by atoms with E-state index in [1.165, 1.54) is 38.5 Å². The van der Waals surface area contributed by atoms with E-state index in [1.54, 1.807) is 6.07 Å². The third-order valence-corrected chi connectivity index (χ3v) is 3.58. The molecule has 0 saturated heterocycles. The van der Waals surface area contributed by atoms with E-state index in [2.05, 4.69) is 23.0 Å². The molecule has 0 aliphatic heterocycles. The Hall–Kier alpha value is -1.56. The summed E-state index contributed by atoms with van der Waals surface area (Å²) >= 11 is 0. The summed E-state index contributed by atoms with van der Waals surface area (Å²) in [5.74, 6) is 0.927. The molecule has 0 aromatic carbocycles. The molecule has 17 heavy (non-hydrogen) atoms. The van der Waals surface area contributed by atoms with Gasteiger partial charge in [0.05, 0.1) is 0 Å². The van der Waals surface area contributed by atoms with E-state index >= 15 is 0 Å². The molecule has 1 aliphatic carbocycles. The molecular weight excluding hydrogens is 210 g/mol. The number of hydrogen-bond acceptors (Lipinski definition) is 3. The fourth-order valence-corrected chi connectivity index (χ4v) is 2.51. The van der Waals surface area contributed by atoms with Crippen LogP contribution in [-0.2, 0) is 0 Å². The molecule has 1 fully saturated rings. The molecule has 0 amide bonds. The van der Waals surface area contributed by atoms with Gasteiger partial charge in [0.1, 0.15) is 17.6 Å². The van der Waals surface area contributed by atoms with Crippen LogP contribution < -0.4 is 4.90 Å². The highest BCUT2D eigenvalue weighted by atomic mass is 15.2. The number of nitriles is 1. The average molecular weight is 229 g/mol. The van der Waals surface area contributed by atoms with Gasteiger partial charge in [-0.1, -0.05) is 31.7 Å². The third-order valence-electron chi connectivity index (χ3n) is 3.58. The molecule has 0 spiro atoms. The minimum Gasteiger partial charge on any atom is -0.357 e. The molecule has 0 atom stereocenters. The van der Waals surface area contributed by atoms with Crippen molar-refractivity contribution in [2.75, 3.05) is 11.9 Å². The van der Waals surface area contributed by atoms with Crippen LogP contribution in [0, 0.1) is 11.3 Å². The lowest BCUT2D eigenvalue weighted by Crippen LogP contribution is -2.31. The summed E-state index contributed by atoms with van der Waals surface area (Å²) in [6.07, 6.45) is 7.83. The lowest BCUT2D eigenvalue weighted by atomic mass is 10.1. The number of nitrogens with zero attached hydrogens (tertiary/aromatic N) is 3. The van der Waals surface area contributed by atoms with Crippen LogP contribution in [0.3, 0.4) is 0 Å². The van der Waals surface area contributed by atoms with Crippen LogP contribution in [0.5, 0.6) is 0 Å². The molecule has 2 rings (SSSR count). The van der Waals surface area contributed by atoms with Crippen molar-refractivity contribution in [1.29, 1.82) is 5.26 Å². The van der Waals surface area contributed by atoms with Crippen molar-refractivity contribution in [3.8, 4) is 6.07 Å². The maximum absolute atomic E-state index is 8.87. The Kier molecular flexibility index (Phi) is 3.98. The van der Waals surface area contributed by atoms with Gasteiger partial charge in [-0.15, -0.1) is 0 Å². The Morgan fingerprint density at radius 2 is 1.94 bits per heavy atom. The van der Waals surface area contributed by atoms with Crippen molar-refractivity contribution in [3.05, 3.63) is 23.9 Å². The highest BCUT2D eigenvalue weighted by molar-refractivity contribution is 5.41. The van der Waals surface area contributed by atoms with Crippen LogP contribution in [0.1, 0.15) is 44.2 Å². The van der Waals surface area contributed by atoms with Crippen LogP contribution in [0.4, 0.5) is 5.82 Å². The second-order valence-electron chi connectivity index (χ2n) is 4.75. The van der Waals surface area contributed by atoms with E-state index in [4.69, 9.17) is 5.26 Å². The predicted octanol–water partition coefficient (Wildman–Crippen LogP) is 3.11. The van der Waals surface area contributed by atoms with E-state index in [9.17, 15) is 0 Å². The minimum absolute atomic E-state index is 0.503. The molecule has 0 radical (unpaired) electrons. The summed E-state index contributed by atoms with van der Waals surface area (Å²) in [6, 6.07) is 8.34. The summed E-state index contributed by atoms with van der Waals surface area (Å²) < 4.78 is 0. The number of pyridine rings is 1. The smallest absolute Gasteiger partial charge is 0.142 e. The molecule has 1 aromatic rings. The summed E-state index contributed by atoms with van der Waals surface area (Å²) in [7, 11) is 2.10. The zero-order chi connectivity index (χ0) is 12.1. The van der Waals surface area contributed by atoms with Crippen molar-refractivity contribution < 1.29 is 0 Å². The molecule has 3 nitrogen and oxygen atoms in total. The molecule has 1 saturated carbocycles. The van der Waals surface area contributed by atoms with Gasteiger partial charge in [-0.25, -0.2) is 4.98 Å². The van der Waals surface area contributed by atoms with Gasteiger partial charge in [0.25, 0.3) is 0 Å². The van der Waals surface area contributed by atoms with Gasteiger partial charge in [-0.05, 0) is 25.0 Å².